The number of nitrogens with zero attached hydrogens (tertiary/aromatic N) is 7. The number of carbonyl (C=O) groups is 1. The number of hydrogen-bond acceptors (Lipinski definition) is 8. The predicted octanol–water partition coefficient (Wildman–Crippen LogP) is 5.08. The van der Waals surface area contributed by atoms with E-state index in [2.05, 4.69) is 30.0 Å². The number of ether oxygens (including phenoxy) is 1. The highest BCUT2D eigenvalue weighted by atomic mass is 19.4. The molecule has 0 radical (unpaired) electrons. The fourth-order valence-corrected chi connectivity index (χ4v) is 5.83. The monoisotopic (exact) mass is 616 g/mol. The summed E-state index contributed by atoms with van der Waals surface area (Å²) in [6.45, 7) is 1.02. The van der Waals surface area contributed by atoms with Crippen LogP contribution in [0.3, 0.4) is 0 Å². The lowest BCUT2D eigenvalue weighted by Gasteiger charge is -2.40. The van der Waals surface area contributed by atoms with E-state index in [1.807, 2.05) is 30.3 Å². The molecule has 1 saturated heterocycles. The minimum atomic E-state index is -4.74. The lowest BCUT2D eigenvalue weighted by Crippen LogP contribution is -2.51. The van der Waals surface area contributed by atoms with Crippen molar-refractivity contribution in [1.29, 1.82) is 0 Å². The largest absolute Gasteiger partial charge is 0.480 e. The minimum absolute atomic E-state index is 0.167. The number of methoxy groups -OCH3 is 1. The van der Waals surface area contributed by atoms with Crippen LogP contribution in [-0.4, -0.2) is 72.1 Å². The van der Waals surface area contributed by atoms with Crippen LogP contribution < -0.4 is 4.74 Å². The van der Waals surface area contributed by atoms with Crippen molar-refractivity contribution in [2.24, 2.45) is 0 Å². The van der Waals surface area contributed by atoms with Crippen LogP contribution in [-0.2, 0) is 24.1 Å². The molecule has 230 valence electrons. The quantitative estimate of drug-likeness (QED) is 0.264. The van der Waals surface area contributed by atoms with Gasteiger partial charge in [0.1, 0.15) is 24.7 Å². The molecule has 1 amide bonds. The molecule has 1 fully saturated rings. The summed E-state index contributed by atoms with van der Waals surface area (Å²) in [7, 11) is 1.54. The average Bonchev–Trinajstić information content (AvgIpc) is 3.81. The molecule has 11 nitrogen and oxygen atoms in total. The summed E-state index contributed by atoms with van der Waals surface area (Å²) >= 11 is 0. The summed E-state index contributed by atoms with van der Waals surface area (Å²) in [5, 5.41) is 4.91. The first-order chi connectivity index (χ1) is 21.8. The number of carbonyl (C=O) groups excluding carboxylic acids is 1. The number of amides is 1. The number of pyridine rings is 1. The molecule has 4 aromatic heterocycles. The number of halogens is 3. The number of fused-ring (bicyclic) bond motifs is 2. The molecule has 6 aromatic rings. The first-order valence-electron chi connectivity index (χ1n) is 14.2. The van der Waals surface area contributed by atoms with Gasteiger partial charge < -0.3 is 23.7 Å². The number of hydrogen-bond donors (Lipinski definition) is 1. The van der Waals surface area contributed by atoms with Crippen LogP contribution in [0.4, 0.5) is 13.2 Å². The Balaban J connectivity index is 1.23. The van der Waals surface area contributed by atoms with Crippen molar-refractivity contribution in [1.82, 2.24) is 39.5 Å². The molecule has 2 aromatic carbocycles. The lowest BCUT2D eigenvalue weighted by molar-refractivity contribution is -0.148. The van der Waals surface area contributed by atoms with Crippen LogP contribution in [0.15, 0.2) is 77.6 Å². The van der Waals surface area contributed by atoms with Gasteiger partial charge in [0.2, 0.25) is 17.6 Å². The number of rotatable bonds is 7. The van der Waals surface area contributed by atoms with E-state index in [1.165, 1.54) is 25.5 Å². The smallest absolute Gasteiger partial charge is 0.449 e. The highest BCUT2D eigenvalue weighted by Gasteiger charge is 2.40. The number of H-pyrrole nitrogens is 1. The number of aromatic nitrogens is 6. The third kappa shape index (κ3) is 5.48. The normalized spacial score (nSPS) is 16.1. The zero-order chi connectivity index (χ0) is 31.1. The van der Waals surface area contributed by atoms with E-state index in [9.17, 15) is 18.0 Å². The standard InChI is InChI=1S/C31H27F3N8O3/c1-44-29-21(14-19-6-2-3-7-22(19)37-29)24-15-35-28(36-24)26-17-40(16-20-10-13-45-39-20)11-12-41(26)27(43)18-42-25-9-5-4-8-23(25)38-30(42)31(32,33)34/h2-10,13-15,26H,11-12,16-18H2,1H3,(H,35,36). The van der Waals surface area contributed by atoms with Crippen molar-refractivity contribution in [3.63, 3.8) is 0 Å². The van der Waals surface area contributed by atoms with Crippen LogP contribution in [0.5, 0.6) is 5.88 Å². The molecule has 0 spiro atoms. The summed E-state index contributed by atoms with van der Waals surface area (Å²) in [6, 6.07) is 17.0. The summed E-state index contributed by atoms with van der Waals surface area (Å²) in [4.78, 5) is 34.0. The fraction of sp³-hybridized carbons (Fsp3) is 0.258. The van der Waals surface area contributed by atoms with Gasteiger partial charge in [0.25, 0.3) is 0 Å². The molecule has 1 N–H and O–H groups in total. The molecule has 1 aliphatic rings. The van der Waals surface area contributed by atoms with Crippen molar-refractivity contribution in [3.05, 3.63) is 90.5 Å². The number of benzene rings is 2. The maximum Gasteiger partial charge on any atom is 0.449 e. The summed E-state index contributed by atoms with van der Waals surface area (Å²) < 4.78 is 53.6. The molecular weight excluding hydrogens is 589 g/mol. The average molecular weight is 617 g/mol. The zero-order valence-electron chi connectivity index (χ0n) is 24.0. The number of alkyl halides is 3. The van der Waals surface area contributed by atoms with E-state index in [0.29, 0.717) is 42.6 Å². The Hall–Kier alpha value is -5.24. The Morgan fingerprint density at radius 1 is 1.07 bits per heavy atom. The van der Waals surface area contributed by atoms with Crippen LogP contribution >= 0.6 is 0 Å². The second-order valence-corrected chi connectivity index (χ2v) is 10.8. The Labute approximate surface area is 254 Å². The van der Waals surface area contributed by atoms with Gasteiger partial charge in [-0.25, -0.2) is 15.0 Å². The van der Waals surface area contributed by atoms with Crippen molar-refractivity contribution < 1.29 is 27.2 Å². The molecule has 5 heterocycles. The molecule has 1 aliphatic heterocycles. The summed E-state index contributed by atoms with van der Waals surface area (Å²) in [6.07, 6.45) is -1.60. The van der Waals surface area contributed by atoms with E-state index in [-0.39, 0.29) is 17.6 Å². The topological polar surface area (TPSA) is 118 Å². The highest BCUT2D eigenvalue weighted by molar-refractivity contribution is 5.85. The molecule has 0 saturated carbocycles. The van der Waals surface area contributed by atoms with Gasteiger partial charge in [-0.2, -0.15) is 13.2 Å². The first kappa shape index (κ1) is 28.5. The van der Waals surface area contributed by atoms with E-state index in [4.69, 9.17) is 9.26 Å². The molecule has 14 heteroatoms. The number of nitrogens with one attached hydrogen (secondary N) is 1. The number of para-hydroxylation sites is 3. The van der Waals surface area contributed by atoms with Crippen LogP contribution in [0, 0.1) is 0 Å². The first-order valence-corrected chi connectivity index (χ1v) is 14.2. The molecule has 45 heavy (non-hydrogen) atoms. The van der Waals surface area contributed by atoms with Gasteiger partial charge in [0.15, 0.2) is 0 Å². The molecule has 1 unspecified atom stereocenters. The van der Waals surface area contributed by atoms with Crippen molar-refractivity contribution in [2.45, 2.75) is 25.3 Å². The van der Waals surface area contributed by atoms with Gasteiger partial charge in [-0.15, -0.1) is 0 Å². The second kappa shape index (κ2) is 11.4. The lowest BCUT2D eigenvalue weighted by atomic mass is 10.1. The summed E-state index contributed by atoms with van der Waals surface area (Å²) in [5.41, 5.74) is 3.20. The Morgan fingerprint density at radius 2 is 1.87 bits per heavy atom. The van der Waals surface area contributed by atoms with Crippen molar-refractivity contribution in [3.8, 4) is 17.1 Å². The molecule has 0 bridgehead atoms. The van der Waals surface area contributed by atoms with Crippen molar-refractivity contribution in [2.75, 3.05) is 26.7 Å². The number of aromatic amines is 1. The Kier molecular flexibility index (Phi) is 7.20. The Morgan fingerprint density at radius 3 is 2.64 bits per heavy atom. The molecule has 0 aliphatic carbocycles. The molecule has 7 rings (SSSR count). The predicted molar refractivity (Wildman–Crippen MR) is 157 cm³/mol. The maximum atomic E-state index is 14.0. The third-order valence-corrected chi connectivity index (χ3v) is 7.95. The number of piperazine rings is 1. The van der Waals surface area contributed by atoms with Gasteiger partial charge in [-0.1, -0.05) is 35.5 Å². The van der Waals surface area contributed by atoms with Crippen LogP contribution in [0.2, 0.25) is 0 Å². The van der Waals surface area contributed by atoms with Gasteiger partial charge in [-0.3, -0.25) is 9.69 Å². The van der Waals surface area contributed by atoms with Crippen LogP contribution in [0.1, 0.15) is 23.4 Å². The zero-order valence-corrected chi connectivity index (χ0v) is 24.0. The minimum Gasteiger partial charge on any atom is -0.480 e. The highest BCUT2D eigenvalue weighted by Crippen LogP contribution is 2.34. The van der Waals surface area contributed by atoms with Gasteiger partial charge >= 0.3 is 6.18 Å². The summed E-state index contributed by atoms with van der Waals surface area (Å²) in [5.74, 6) is -0.725. The van der Waals surface area contributed by atoms with E-state index >= 15 is 0 Å². The van der Waals surface area contributed by atoms with E-state index < -0.39 is 30.5 Å². The van der Waals surface area contributed by atoms with Gasteiger partial charge in [-0.05, 0) is 24.3 Å². The SMILES string of the molecule is COc1nc2ccccc2cc1-c1cnc(C2CN(Cc3ccon3)CCN2C(=O)Cn2c(C(F)(F)F)nc3ccccc32)[nH]1. The van der Waals surface area contributed by atoms with Crippen LogP contribution in [0.25, 0.3) is 33.2 Å². The molecule has 1 atom stereocenters. The maximum absolute atomic E-state index is 14.0. The molecular formula is C31H27F3N8O3. The fourth-order valence-electron chi connectivity index (χ4n) is 5.83. The second-order valence-electron chi connectivity index (χ2n) is 10.8. The third-order valence-electron chi connectivity index (χ3n) is 7.95. The Bertz CT molecular complexity index is 1990. The van der Waals surface area contributed by atoms with E-state index in [0.717, 1.165) is 21.2 Å². The van der Waals surface area contributed by atoms with Gasteiger partial charge in [0.05, 0.1) is 46.8 Å². The number of imidazole rings is 2. The van der Waals surface area contributed by atoms with Crippen molar-refractivity contribution >= 4 is 27.8 Å². The van der Waals surface area contributed by atoms with Gasteiger partial charge in [0, 0.05) is 37.6 Å². The van der Waals surface area contributed by atoms with E-state index in [1.54, 1.807) is 29.3 Å².